The minimum Gasteiger partial charge on any atom is -0.497 e. The molecule has 0 N–H and O–H groups in total. The van der Waals surface area contributed by atoms with Crippen LogP contribution in [-0.2, 0) is 0 Å². The molecule has 2 aromatic carbocycles. The lowest BCUT2D eigenvalue weighted by Crippen LogP contribution is -2.48. The third kappa shape index (κ3) is 3.08. The van der Waals surface area contributed by atoms with Gasteiger partial charge in [-0.15, -0.1) is 22.7 Å². The average molecular weight is 529 g/mol. The fourth-order valence-corrected chi connectivity index (χ4v) is 6.86. The molecule has 0 fully saturated rings. The van der Waals surface area contributed by atoms with Crippen LogP contribution < -0.4 is 9.47 Å². The number of allylic oxidation sites excluding steroid dienone is 2. The summed E-state index contributed by atoms with van der Waals surface area (Å²) >= 11 is 2.11. The van der Waals surface area contributed by atoms with Crippen molar-refractivity contribution in [2.75, 3.05) is 14.2 Å². The van der Waals surface area contributed by atoms with Gasteiger partial charge in [0.1, 0.15) is 11.5 Å². The molecule has 2 nitrogen and oxygen atoms in total. The molecule has 0 bridgehead atoms. The maximum absolute atomic E-state index is 15.5. The molecule has 0 unspecified atom stereocenters. The molecule has 10 heteroatoms. The third-order valence-corrected chi connectivity index (χ3v) is 8.45. The highest BCUT2D eigenvalue weighted by Gasteiger charge is 2.80. The summed E-state index contributed by atoms with van der Waals surface area (Å²) in [4.78, 5) is 0.459. The minimum absolute atomic E-state index is 0.188. The Morgan fingerprint density at radius 3 is 1.34 bits per heavy atom. The number of hydrogen-bond donors (Lipinski definition) is 0. The SMILES string of the molecule is COc1ccc2c(C3=C(c4c(C)sc5cc(OC)ccc45)C(F)(F)C(F)(F)C3(F)F)c(C)sc2c1. The number of aryl methyl sites for hydroxylation is 2. The number of thiophene rings is 2. The predicted octanol–water partition coefficient (Wildman–Crippen LogP) is 8.58. The van der Waals surface area contributed by atoms with Crippen LogP contribution >= 0.6 is 22.7 Å². The second-order valence-electron chi connectivity index (χ2n) is 8.26. The van der Waals surface area contributed by atoms with Crippen molar-refractivity contribution in [3.05, 3.63) is 57.3 Å². The van der Waals surface area contributed by atoms with Gasteiger partial charge in [0, 0.05) is 52.2 Å². The molecule has 2 heterocycles. The van der Waals surface area contributed by atoms with Crippen molar-refractivity contribution in [1.29, 1.82) is 0 Å². The van der Waals surface area contributed by atoms with E-state index in [0.717, 1.165) is 22.7 Å². The van der Waals surface area contributed by atoms with Crippen LogP contribution in [-0.4, -0.2) is 32.0 Å². The summed E-state index contributed by atoms with van der Waals surface area (Å²) in [6, 6.07) is 8.98. The van der Waals surface area contributed by atoms with E-state index >= 15 is 17.6 Å². The first-order valence-electron chi connectivity index (χ1n) is 10.4. The lowest BCUT2D eigenvalue weighted by molar-refractivity contribution is -0.254. The average Bonchev–Trinajstić information content (AvgIpc) is 3.32. The highest BCUT2D eigenvalue weighted by molar-refractivity contribution is 7.19. The van der Waals surface area contributed by atoms with E-state index in [1.54, 1.807) is 12.1 Å². The van der Waals surface area contributed by atoms with Crippen molar-refractivity contribution >= 4 is 54.0 Å². The van der Waals surface area contributed by atoms with Gasteiger partial charge in [-0.2, -0.15) is 26.3 Å². The molecule has 0 amide bonds. The van der Waals surface area contributed by atoms with E-state index in [1.165, 1.54) is 52.3 Å². The zero-order valence-electron chi connectivity index (χ0n) is 18.9. The molecule has 0 radical (unpaired) electrons. The normalized spacial score (nSPS) is 18.6. The quantitative estimate of drug-likeness (QED) is 0.247. The summed E-state index contributed by atoms with van der Waals surface area (Å²) in [5.74, 6) is -15.0. The van der Waals surface area contributed by atoms with E-state index in [2.05, 4.69) is 0 Å². The standard InChI is InChI=1S/C25H18F6O2S2/c1-11-19(15-7-5-13(32-3)9-17(15)34-11)21-22(24(28,29)25(30,31)23(21,26)27)20-12(2)35-18-10-14(33-4)6-8-16(18)20/h5-10H,1-4H3. The lowest BCUT2D eigenvalue weighted by atomic mass is 9.91. The van der Waals surface area contributed by atoms with Gasteiger partial charge in [0.15, 0.2) is 0 Å². The molecule has 35 heavy (non-hydrogen) atoms. The lowest BCUT2D eigenvalue weighted by Gasteiger charge is -2.26. The van der Waals surface area contributed by atoms with Crippen molar-refractivity contribution in [3.63, 3.8) is 0 Å². The third-order valence-electron chi connectivity index (χ3n) is 6.31. The van der Waals surface area contributed by atoms with E-state index < -0.39 is 28.9 Å². The molecule has 0 aliphatic heterocycles. The molecule has 2 aromatic heterocycles. The number of alkyl halides is 6. The monoisotopic (exact) mass is 528 g/mol. The number of halogens is 6. The number of ether oxygens (including phenoxy) is 2. The molecule has 1 aliphatic rings. The molecule has 1 aliphatic carbocycles. The minimum atomic E-state index is -5.62. The summed E-state index contributed by atoms with van der Waals surface area (Å²) in [7, 11) is 2.85. The Bertz CT molecular complexity index is 1420. The van der Waals surface area contributed by atoms with Crippen molar-refractivity contribution in [3.8, 4) is 11.5 Å². The molecule has 0 saturated carbocycles. The fraction of sp³-hybridized carbons (Fsp3) is 0.280. The maximum atomic E-state index is 15.5. The zero-order chi connectivity index (χ0) is 25.5. The van der Waals surface area contributed by atoms with Gasteiger partial charge in [0.05, 0.1) is 14.2 Å². The van der Waals surface area contributed by atoms with Gasteiger partial charge in [0.2, 0.25) is 0 Å². The van der Waals surface area contributed by atoms with E-state index in [1.807, 2.05) is 0 Å². The van der Waals surface area contributed by atoms with E-state index in [9.17, 15) is 8.78 Å². The van der Waals surface area contributed by atoms with E-state index in [-0.39, 0.29) is 31.7 Å². The summed E-state index contributed by atoms with van der Waals surface area (Å²) in [5, 5.41) is 0.376. The van der Waals surface area contributed by atoms with E-state index in [4.69, 9.17) is 9.47 Å². The molecular formula is C25H18F6O2S2. The van der Waals surface area contributed by atoms with Crippen molar-refractivity contribution in [1.82, 2.24) is 0 Å². The first-order valence-corrected chi connectivity index (χ1v) is 12.0. The van der Waals surface area contributed by atoms with Gasteiger partial charge in [-0.1, -0.05) is 0 Å². The Balaban J connectivity index is 1.94. The van der Waals surface area contributed by atoms with Gasteiger partial charge in [0.25, 0.3) is 0 Å². The second-order valence-corrected chi connectivity index (χ2v) is 10.8. The number of rotatable bonds is 4. The summed E-state index contributed by atoms with van der Waals surface area (Å²) in [5.41, 5.74) is -3.26. The molecular weight excluding hydrogens is 510 g/mol. The first-order chi connectivity index (χ1) is 16.4. The Kier molecular flexibility index (Phi) is 5.24. The molecule has 184 valence electrons. The van der Waals surface area contributed by atoms with Crippen molar-refractivity contribution < 1.29 is 35.8 Å². The first kappa shape index (κ1) is 24.0. The van der Waals surface area contributed by atoms with Gasteiger partial charge in [-0.3, -0.25) is 0 Å². The molecule has 5 rings (SSSR count). The van der Waals surface area contributed by atoms with Crippen LogP contribution in [0.5, 0.6) is 11.5 Å². The van der Waals surface area contributed by atoms with Crippen molar-refractivity contribution in [2.45, 2.75) is 31.6 Å². The number of hydrogen-bond acceptors (Lipinski definition) is 4. The van der Waals surface area contributed by atoms with Crippen LogP contribution in [0.1, 0.15) is 20.9 Å². The smallest absolute Gasteiger partial charge is 0.380 e. The molecule has 4 aromatic rings. The Morgan fingerprint density at radius 2 is 1.00 bits per heavy atom. The van der Waals surface area contributed by atoms with Crippen LogP contribution in [0.25, 0.3) is 31.3 Å². The van der Waals surface area contributed by atoms with Gasteiger partial charge in [-0.25, -0.2) is 0 Å². The van der Waals surface area contributed by atoms with Gasteiger partial charge in [-0.05, 0) is 50.2 Å². The van der Waals surface area contributed by atoms with Crippen LogP contribution in [0.2, 0.25) is 0 Å². The zero-order valence-corrected chi connectivity index (χ0v) is 20.5. The Labute approximate surface area is 204 Å². The molecule has 0 saturated heterocycles. The van der Waals surface area contributed by atoms with Gasteiger partial charge >= 0.3 is 17.8 Å². The highest BCUT2D eigenvalue weighted by atomic mass is 32.1. The van der Waals surface area contributed by atoms with Crippen LogP contribution in [0.15, 0.2) is 36.4 Å². The number of fused-ring (bicyclic) bond motifs is 2. The number of benzene rings is 2. The Morgan fingerprint density at radius 1 is 0.629 bits per heavy atom. The summed E-state index contributed by atoms with van der Waals surface area (Å²) < 4.78 is 103. The number of methoxy groups -OCH3 is 2. The van der Waals surface area contributed by atoms with Gasteiger partial charge < -0.3 is 9.47 Å². The highest BCUT2D eigenvalue weighted by Crippen LogP contribution is 2.67. The van der Waals surface area contributed by atoms with Crippen LogP contribution in [0.4, 0.5) is 26.3 Å². The van der Waals surface area contributed by atoms with E-state index in [0.29, 0.717) is 20.9 Å². The van der Waals surface area contributed by atoms with Crippen molar-refractivity contribution in [2.24, 2.45) is 0 Å². The van der Waals surface area contributed by atoms with Crippen LogP contribution in [0, 0.1) is 13.8 Å². The topological polar surface area (TPSA) is 18.5 Å². The second kappa shape index (κ2) is 7.64. The fourth-order valence-electron chi connectivity index (χ4n) is 4.66. The Hall–Kier alpha value is -2.72. The summed E-state index contributed by atoms with van der Waals surface area (Å²) in [6.07, 6.45) is 0. The molecule has 0 spiro atoms. The largest absolute Gasteiger partial charge is 0.497 e. The molecule has 0 atom stereocenters. The predicted molar refractivity (Wildman–Crippen MR) is 128 cm³/mol. The maximum Gasteiger partial charge on any atom is 0.380 e. The van der Waals surface area contributed by atoms with Crippen LogP contribution in [0.3, 0.4) is 0 Å². The summed E-state index contributed by atoms with van der Waals surface area (Å²) in [6.45, 7) is 2.93.